The fourth-order valence-corrected chi connectivity index (χ4v) is 3.46. The van der Waals surface area contributed by atoms with E-state index in [0.717, 1.165) is 17.7 Å². The van der Waals surface area contributed by atoms with Crippen LogP contribution in [0.1, 0.15) is 39.4 Å². The van der Waals surface area contributed by atoms with Crippen molar-refractivity contribution in [3.05, 3.63) is 21.4 Å². The van der Waals surface area contributed by atoms with Crippen molar-refractivity contribution in [2.75, 3.05) is 20.2 Å². The average molecular weight is 253 g/mol. The summed E-state index contributed by atoms with van der Waals surface area (Å²) in [6.45, 7) is 0.425. The molecule has 0 fully saturated rings. The van der Waals surface area contributed by atoms with Crippen molar-refractivity contribution in [2.45, 2.75) is 32.1 Å². The third-order valence-corrected chi connectivity index (χ3v) is 4.46. The molecule has 0 aliphatic heterocycles. The van der Waals surface area contributed by atoms with Crippen LogP contribution in [0.25, 0.3) is 0 Å². The monoisotopic (exact) mass is 253 g/mol. The number of aliphatic hydroxyl groups excluding tert-OH is 1. The number of rotatable bonds is 3. The molecular formula is C13H19NO2S. The van der Waals surface area contributed by atoms with Gasteiger partial charge in [0.1, 0.15) is 0 Å². The lowest BCUT2D eigenvalue weighted by molar-refractivity contribution is 0.0771. The van der Waals surface area contributed by atoms with E-state index in [1.54, 1.807) is 23.3 Å². The standard InChI is InChI=1S/C13H19NO2S/c1-14(7-8-15)13(16)12-9-10-5-3-2-4-6-11(10)17-12/h9,15H,2-8H2,1H3. The Labute approximate surface area is 106 Å². The van der Waals surface area contributed by atoms with E-state index < -0.39 is 0 Å². The van der Waals surface area contributed by atoms with Gasteiger partial charge in [0.2, 0.25) is 0 Å². The number of hydrogen-bond donors (Lipinski definition) is 1. The highest BCUT2D eigenvalue weighted by atomic mass is 32.1. The largest absolute Gasteiger partial charge is 0.395 e. The molecule has 1 aromatic heterocycles. The molecule has 4 heteroatoms. The van der Waals surface area contributed by atoms with Crippen molar-refractivity contribution in [3.8, 4) is 0 Å². The van der Waals surface area contributed by atoms with Gasteiger partial charge in [-0.25, -0.2) is 0 Å². The van der Waals surface area contributed by atoms with Gasteiger partial charge in [-0.3, -0.25) is 4.79 Å². The van der Waals surface area contributed by atoms with Crippen LogP contribution in [0, 0.1) is 0 Å². The summed E-state index contributed by atoms with van der Waals surface area (Å²) >= 11 is 1.64. The van der Waals surface area contributed by atoms with Crippen LogP contribution in [0.2, 0.25) is 0 Å². The zero-order chi connectivity index (χ0) is 12.3. The minimum absolute atomic E-state index is 0.0212. The second-order valence-corrected chi connectivity index (χ2v) is 5.71. The van der Waals surface area contributed by atoms with Gasteiger partial charge in [-0.2, -0.15) is 0 Å². The van der Waals surface area contributed by atoms with Gasteiger partial charge >= 0.3 is 0 Å². The van der Waals surface area contributed by atoms with Crippen molar-refractivity contribution in [1.82, 2.24) is 4.90 Å². The van der Waals surface area contributed by atoms with E-state index in [2.05, 4.69) is 6.07 Å². The summed E-state index contributed by atoms with van der Waals surface area (Å²) in [6.07, 6.45) is 6.02. The highest BCUT2D eigenvalue weighted by molar-refractivity contribution is 7.14. The van der Waals surface area contributed by atoms with E-state index in [4.69, 9.17) is 5.11 Å². The SMILES string of the molecule is CN(CCO)C(=O)c1cc2c(s1)CCCCC2. The first-order valence-corrected chi connectivity index (χ1v) is 7.02. The lowest BCUT2D eigenvalue weighted by Gasteiger charge is -2.13. The van der Waals surface area contributed by atoms with Crippen LogP contribution in [0.15, 0.2) is 6.07 Å². The minimum Gasteiger partial charge on any atom is -0.395 e. The molecule has 2 rings (SSSR count). The quantitative estimate of drug-likeness (QED) is 0.838. The summed E-state index contributed by atoms with van der Waals surface area (Å²) in [5.74, 6) is 0.0390. The van der Waals surface area contributed by atoms with E-state index in [0.29, 0.717) is 6.54 Å². The van der Waals surface area contributed by atoms with Gasteiger partial charge in [0.15, 0.2) is 0 Å². The molecular weight excluding hydrogens is 234 g/mol. The number of amides is 1. The molecule has 0 atom stereocenters. The molecule has 17 heavy (non-hydrogen) atoms. The van der Waals surface area contributed by atoms with Gasteiger partial charge in [-0.1, -0.05) is 6.42 Å². The molecule has 3 nitrogen and oxygen atoms in total. The minimum atomic E-state index is 0.0212. The van der Waals surface area contributed by atoms with E-state index in [-0.39, 0.29) is 12.5 Å². The molecule has 94 valence electrons. The van der Waals surface area contributed by atoms with E-state index >= 15 is 0 Å². The molecule has 1 aliphatic rings. The fraction of sp³-hybridized carbons (Fsp3) is 0.615. The Bertz CT molecular complexity index is 377. The Morgan fingerprint density at radius 3 is 2.94 bits per heavy atom. The van der Waals surface area contributed by atoms with Crippen LogP contribution in [0.3, 0.4) is 0 Å². The molecule has 0 radical (unpaired) electrons. The second kappa shape index (κ2) is 5.65. The number of fused-ring (bicyclic) bond motifs is 1. The predicted octanol–water partition coefficient (Wildman–Crippen LogP) is 2.08. The van der Waals surface area contributed by atoms with Gasteiger partial charge in [0, 0.05) is 18.5 Å². The highest BCUT2D eigenvalue weighted by Gasteiger charge is 2.18. The predicted molar refractivity (Wildman–Crippen MR) is 69.6 cm³/mol. The molecule has 1 amide bonds. The first kappa shape index (κ1) is 12.6. The Morgan fingerprint density at radius 1 is 1.41 bits per heavy atom. The topological polar surface area (TPSA) is 40.5 Å². The zero-order valence-electron chi connectivity index (χ0n) is 10.2. The smallest absolute Gasteiger partial charge is 0.263 e. The van der Waals surface area contributed by atoms with Crippen LogP contribution >= 0.6 is 11.3 Å². The summed E-state index contributed by atoms with van der Waals surface area (Å²) in [6, 6.07) is 2.06. The maximum atomic E-state index is 12.1. The number of carbonyl (C=O) groups is 1. The van der Waals surface area contributed by atoms with Crippen molar-refractivity contribution < 1.29 is 9.90 Å². The summed E-state index contributed by atoms with van der Waals surface area (Å²) in [7, 11) is 1.74. The van der Waals surface area contributed by atoms with Crippen LogP contribution in [0.4, 0.5) is 0 Å². The molecule has 0 saturated heterocycles. The number of hydrogen-bond acceptors (Lipinski definition) is 3. The molecule has 1 aliphatic carbocycles. The lowest BCUT2D eigenvalue weighted by Crippen LogP contribution is -2.28. The van der Waals surface area contributed by atoms with Crippen molar-refractivity contribution >= 4 is 17.2 Å². The Hall–Kier alpha value is -0.870. The molecule has 0 aromatic carbocycles. The summed E-state index contributed by atoms with van der Waals surface area (Å²) in [5, 5.41) is 8.84. The first-order chi connectivity index (χ1) is 8.22. The van der Waals surface area contributed by atoms with Gasteiger partial charge in [-0.15, -0.1) is 11.3 Å². The third kappa shape index (κ3) is 2.87. The van der Waals surface area contributed by atoms with Crippen LogP contribution < -0.4 is 0 Å². The van der Waals surface area contributed by atoms with E-state index in [1.165, 1.54) is 29.7 Å². The van der Waals surface area contributed by atoms with E-state index in [9.17, 15) is 4.79 Å². The Morgan fingerprint density at radius 2 is 2.18 bits per heavy atom. The number of carbonyl (C=O) groups excluding carboxylic acids is 1. The van der Waals surface area contributed by atoms with Gasteiger partial charge < -0.3 is 10.0 Å². The van der Waals surface area contributed by atoms with Gasteiger partial charge in [0.05, 0.1) is 11.5 Å². The second-order valence-electron chi connectivity index (χ2n) is 4.57. The zero-order valence-corrected chi connectivity index (χ0v) is 11.1. The number of aryl methyl sites for hydroxylation is 2. The number of nitrogens with zero attached hydrogens (tertiary/aromatic N) is 1. The van der Waals surface area contributed by atoms with Crippen molar-refractivity contribution in [1.29, 1.82) is 0 Å². The maximum absolute atomic E-state index is 12.1. The lowest BCUT2D eigenvalue weighted by atomic mass is 10.1. The molecule has 1 heterocycles. The van der Waals surface area contributed by atoms with Crippen LogP contribution in [-0.2, 0) is 12.8 Å². The summed E-state index contributed by atoms with van der Waals surface area (Å²) < 4.78 is 0. The van der Waals surface area contributed by atoms with Gasteiger partial charge in [0.25, 0.3) is 5.91 Å². The highest BCUT2D eigenvalue weighted by Crippen LogP contribution is 2.29. The molecule has 1 aromatic rings. The number of likely N-dealkylation sites (N-methyl/N-ethyl adjacent to an activating group) is 1. The maximum Gasteiger partial charge on any atom is 0.263 e. The molecule has 0 spiro atoms. The summed E-state index contributed by atoms with van der Waals surface area (Å²) in [4.78, 5) is 15.9. The Kier molecular flexibility index (Phi) is 4.18. The summed E-state index contributed by atoms with van der Waals surface area (Å²) in [5.41, 5.74) is 1.37. The van der Waals surface area contributed by atoms with Crippen molar-refractivity contribution in [2.24, 2.45) is 0 Å². The van der Waals surface area contributed by atoms with Crippen LogP contribution in [-0.4, -0.2) is 36.1 Å². The normalized spacial score (nSPS) is 15.2. The number of aliphatic hydroxyl groups is 1. The fourth-order valence-electron chi connectivity index (χ4n) is 2.21. The first-order valence-electron chi connectivity index (χ1n) is 6.20. The van der Waals surface area contributed by atoms with Crippen molar-refractivity contribution in [3.63, 3.8) is 0 Å². The van der Waals surface area contributed by atoms with Gasteiger partial charge in [-0.05, 0) is 37.3 Å². The van der Waals surface area contributed by atoms with Crippen LogP contribution in [0.5, 0.6) is 0 Å². The molecule has 0 bridgehead atoms. The average Bonchev–Trinajstić information content (AvgIpc) is 2.60. The molecule has 0 saturated carbocycles. The third-order valence-electron chi connectivity index (χ3n) is 3.24. The Balaban J connectivity index is 2.14. The number of thiophene rings is 1. The molecule has 0 unspecified atom stereocenters. The van der Waals surface area contributed by atoms with E-state index in [1.807, 2.05) is 0 Å². The molecule has 1 N–H and O–H groups in total.